The first-order valence-corrected chi connectivity index (χ1v) is 17.0. The smallest absolute Gasteiger partial charge is 0.338 e. The molecule has 8 nitrogen and oxygen atoms in total. The molecule has 8 heteroatoms. The topological polar surface area (TPSA) is 108 Å². The molecule has 0 unspecified atom stereocenters. The third-order valence-corrected chi connectivity index (χ3v) is 9.04. The molecule has 0 spiro atoms. The maximum absolute atomic E-state index is 14.0. The highest BCUT2D eigenvalue weighted by Crippen LogP contribution is 2.30. The fourth-order valence-corrected chi connectivity index (χ4v) is 6.44. The summed E-state index contributed by atoms with van der Waals surface area (Å²) in [6, 6.07) is 34.2. The molecule has 51 heavy (non-hydrogen) atoms. The van der Waals surface area contributed by atoms with E-state index in [1.165, 1.54) is 0 Å². The molecule has 2 atom stereocenters. The molecule has 5 aromatic rings. The van der Waals surface area contributed by atoms with Gasteiger partial charge in [-0.3, -0.25) is 14.4 Å². The highest BCUT2D eigenvalue weighted by atomic mass is 16.5. The normalized spacial score (nSPS) is 15.1. The summed E-state index contributed by atoms with van der Waals surface area (Å²) in [5.74, 6) is -0.199. The quantitative estimate of drug-likeness (QED) is 0.0762. The minimum absolute atomic E-state index is 0.170. The summed E-state index contributed by atoms with van der Waals surface area (Å²) in [5.41, 5.74) is 4.65. The molecular weight excluding hydrogens is 642 g/mol. The first kappa shape index (κ1) is 34.8. The van der Waals surface area contributed by atoms with Crippen LogP contribution in [0.1, 0.15) is 88.5 Å². The monoisotopic (exact) mass is 681 g/mol. The number of esters is 1. The number of hydrogen-bond donors (Lipinski definition) is 1. The zero-order chi connectivity index (χ0) is 35.7. The van der Waals surface area contributed by atoms with E-state index in [2.05, 4.69) is 5.32 Å². The number of carbonyl (C=O) groups excluding carboxylic acids is 4. The first-order chi connectivity index (χ1) is 24.8. The predicted molar refractivity (Wildman–Crippen MR) is 193 cm³/mol. The van der Waals surface area contributed by atoms with Crippen molar-refractivity contribution in [3.63, 3.8) is 0 Å². The average Bonchev–Trinajstić information content (AvgIpc) is 3.59. The van der Waals surface area contributed by atoms with E-state index in [9.17, 15) is 19.2 Å². The SMILES string of the molecule is Cc1cc(C(=O)O[C@@H]2CCC[C@H]2NC(=O)c2ccc(OCc3ccccc3)cc2)cc(C)c1C(=O)c1c(C=O)cccc1OCc1ccccc1. The molecule has 0 bridgehead atoms. The first-order valence-electron chi connectivity index (χ1n) is 17.0. The van der Waals surface area contributed by atoms with Crippen LogP contribution in [0.15, 0.2) is 115 Å². The molecule has 6 rings (SSSR count). The second kappa shape index (κ2) is 16.1. The number of ether oxygens (including phenoxy) is 3. The Labute approximate surface area is 297 Å². The summed E-state index contributed by atoms with van der Waals surface area (Å²) in [6.45, 7) is 4.16. The second-order valence-electron chi connectivity index (χ2n) is 12.7. The number of amides is 1. The van der Waals surface area contributed by atoms with E-state index < -0.39 is 12.1 Å². The van der Waals surface area contributed by atoms with E-state index in [1.807, 2.05) is 60.7 Å². The summed E-state index contributed by atoms with van der Waals surface area (Å²) in [5, 5.41) is 3.04. The van der Waals surface area contributed by atoms with Crippen molar-refractivity contribution in [2.24, 2.45) is 0 Å². The Morgan fingerprint density at radius 3 is 1.96 bits per heavy atom. The van der Waals surface area contributed by atoms with Crippen LogP contribution in [0.2, 0.25) is 0 Å². The van der Waals surface area contributed by atoms with Crippen LogP contribution in [-0.4, -0.2) is 36.1 Å². The van der Waals surface area contributed by atoms with Gasteiger partial charge in [0.05, 0.1) is 17.2 Å². The molecule has 1 fully saturated rings. The van der Waals surface area contributed by atoms with Crippen molar-refractivity contribution in [2.45, 2.75) is 58.5 Å². The highest BCUT2D eigenvalue weighted by molar-refractivity contribution is 6.16. The van der Waals surface area contributed by atoms with Crippen LogP contribution in [0.25, 0.3) is 0 Å². The lowest BCUT2D eigenvalue weighted by Gasteiger charge is -2.22. The average molecular weight is 682 g/mol. The fraction of sp³-hybridized carbons (Fsp3) is 0.209. The molecule has 0 heterocycles. The number of rotatable bonds is 13. The number of aldehydes is 1. The van der Waals surface area contributed by atoms with Crippen molar-refractivity contribution < 1.29 is 33.4 Å². The van der Waals surface area contributed by atoms with Crippen molar-refractivity contribution in [2.75, 3.05) is 0 Å². The van der Waals surface area contributed by atoms with Gasteiger partial charge in [-0.1, -0.05) is 72.8 Å². The van der Waals surface area contributed by atoms with Crippen LogP contribution in [0.3, 0.4) is 0 Å². The Kier molecular flexibility index (Phi) is 11.0. The van der Waals surface area contributed by atoms with Crippen LogP contribution in [0, 0.1) is 13.8 Å². The van der Waals surface area contributed by atoms with Crippen LogP contribution in [0.4, 0.5) is 0 Å². The zero-order valence-electron chi connectivity index (χ0n) is 28.6. The summed E-state index contributed by atoms with van der Waals surface area (Å²) >= 11 is 0. The van der Waals surface area contributed by atoms with Crippen molar-refractivity contribution in [1.82, 2.24) is 5.32 Å². The molecule has 1 aliphatic rings. The molecule has 1 saturated carbocycles. The van der Waals surface area contributed by atoms with Gasteiger partial charge in [-0.2, -0.15) is 0 Å². The van der Waals surface area contributed by atoms with Crippen LogP contribution in [0.5, 0.6) is 11.5 Å². The van der Waals surface area contributed by atoms with Crippen molar-refractivity contribution in [3.05, 3.63) is 165 Å². The van der Waals surface area contributed by atoms with Gasteiger partial charge in [0.25, 0.3) is 5.91 Å². The number of aryl methyl sites for hydroxylation is 2. The van der Waals surface area contributed by atoms with Crippen LogP contribution < -0.4 is 14.8 Å². The molecular formula is C43H39NO7. The molecule has 1 N–H and O–H groups in total. The lowest BCUT2D eigenvalue weighted by Crippen LogP contribution is -2.42. The van der Waals surface area contributed by atoms with Crippen molar-refractivity contribution in [1.29, 1.82) is 0 Å². The molecule has 1 aliphatic carbocycles. The van der Waals surface area contributed by atoms with E-state index in [-0.39, 0.29) is 35.5 Å². The van der Waals surface area contributed by atoms with Gasteiger partial charge in [-0.25, -0.2) is 4.79 Å². The standard InChI is InChI=1S/C43H39NO7/c1-28-23-34(24-29(2)39(28)41(46)40-33(25-45)15-9-18-38(40)50-27-31-13-7-4-8-14-31)43(48)51-37-17-10-16-36(37)44-42(47)32-19-21-35(22-20-32)49-26-30-11-5-3-6-12-30/h3-9,11-15,18-25,36-37H,10,16-17,26-27H2,1-2H3,(H,44,47)/t36-,37-/m1/s1. The number of nitrogens with one attached hydrogen (secondary N) is 1. The lowest BCUT2D eigenvalue weighted by atomic mass is 9.90. The summed E-state index contributed by atoms with van der Waals surface area (Å²) < 4.78 is 17.8. The van der Waals surface area contributed by atoms with Crippen molar-refractivity contribution in [3.8, 4) is 11.5 Å². The van der Waals surface area contributed by atoms with Gasteiger partial charge >= 0.3 is 5.97 Å². The zero-order valence-corrected chi connectivity index (χ0v) is 28.6. The van der Waals surface area contributed by atoms with Gasteiger partial charge in [0.1, 0.15) is 30.8 Å². The fourth-order valence-electron chi connectivity index (χ4n) is 6.44. The number of ketones is 1. The number of hydrogen-bond acceptors (Lipinski definition) is 7. The van der Waals surface area contributed by atoms with E-state index in [0.717, 1.165) is 17.5 Å². The molecule has 0 aromatic heterocycles. The molecule has 0 radical (unpaired) electrons. The van der Waals surface area contributed by atoms with E-state index in [1.54, 1.807) is 68.4 Å². The number of carbonyl (C=O) groups is 4. The number of benzene rings is 5. The predicted octanol–water partition coefficient (Wildman–Crippen LogP) is 8.01. The molecule has 5 aromatic carbocycles. The third kappa shape index (κ3) is 8.41. The van der Waals surface area contributed by atoms with Gasteiger partial charge in [-0.15, -0.1) is 0 Å². The minimum Gasteiger partial charge on any atom is -0.489 e. The Bertz CT molecular complexity index is 2000. The maximum atomic E-state index is 14.0. The lowest BCUT2D eigenvalue weighted by molar-refractivity contribution is 0.0250. The summed E-state index contributed by atoms with van der Waals surface area (Å²) in [4.78, 5) is 52.6. The Hall–Kier alpha value is -6.02. The van der Waals surface area contributed by atoms with Gasteiger partial charge in [0.2, 0.25) is 0 Å². The van der Waals surface area contributed by atoms with Gasteiger partial charge in [0.15, 0.2) is 12.1 Å². The maximum Gasteiger partial charge on any atom is 0.338 e. The second-order valence-corrected chi connectivity index (χ2v) is 12.7. The summed E-state index contributed by atoms with van der Waals surface area (Å²) in [7, 11) is 0. The van der Waals surface area contributed by atoms with Gasteiger partial charge in [-0.05, 0) is 97.8 Å². The Balaban J connectivity index is 1.11. The van der Waals surface area contributed by atoms with Gasteiger partial charge < -0.3 is 19.5 Å². The Morgan fingerprint density at radius 1 is 0.706 bits per heavy atom. The Morgan fingerprint density at radius 2 is 1.33 bits per heavy atom. The third-order valence-electron chi connectivity index (χ3n) is 9.04. The van der Waals surface area contributed by atoms with E-state index >= 15 is 0 Å². The molecule has 0 saturated heterocycles. The molecule has 0 aliphatic heterocycles. The van der Waals surface area contributed by atoms with E-state index in [0.29, 0.717) is 65.1 Å². The molecule has 1 amide bonds. The highest BCUT2D eigenvalue weighted by Gasteiger charge is 2.33. The molecule has 258 valence electrons. The largest absolute Gasteiger partial charge is 0.489 e. The summed E-state index contributed by atoms with van der Waals surface area (Å²) in [6.07, 6.45) is 2.24. The minimum atomic E-state index is -0.536. The van der Waals surface area contributed by atoms with Crippen molar-refractivity contribution >= 4 is 23.9 Å². The van der Waals surface area contributed by atoms with E-state index in [4.69, 9.17) is 14.2 Å². The van der Waals surface area contributed by atoms with Crippen LogP contribution in [-0.2, 0) is 18.0 Å². The van der Waals surface area contributed by atoms with Gasteiger partial charge in [0, 0.05) is 16.7 Å². The van der Waals surface area contributed by atoms with Crippen LogP contribution >= 0.6 is 0 Å².